The molecule has 0 saturated heterocycles. The summed E-state index contributed by atoms with van der Waals surface area (Å²) in [4.78, 5) is 25.0. The highest BCUT2D eigenvalue weighted by Crippen LogP contribution is 2.10. The first-order valence-corrected chi connectivity index (χ1v) is 5.05. The lowest BCUT2D eigenvalue weighted by molar-refractivity contribution is 0.706. The summed E-state index contributed by atoms with van der Waals surface area (Å²) in [5.41, 5.74) is 4.73. The maximum Gasteiger partial charge on any atom is 0.330 e. The monoisotopic (exact) mass is 244 g/mol. The Labute approximate surface area is 96.7 Å². The molecule has 1 heterocycles. The maximum absolute atomic E-state index is 11.5. The quantitative estimate of drug-likeness (QED) is 0.710. The van der Waals surface area contributed by atoms with Gasteiger partial charge in [0, 0.05) is 11.6 Å². The van der Waals surface area contributed by atoms with E-state index in [4.69, 9.17) is 17.3 Å². The molecular formula is C9H13ClN4O2. The number of hydrogen-bond donors (Lipinski definition) is 3. The molecule has 0 saturated carbocycles. The number of hydrogen-bond acceptors (Lipinski definition) is 4. The third-order valence-corrected chi connectivity index (χ3v) is 2.15. The minimum absolute atomic E-state index is 0.0918. The Kier molecular flexibility index (Phi) is 3.78. The van der Waals surface area contributed by atoms with Crippen LogP contribution in [0.1, 0.15) is 6.92 Å². The van der Waals surface area contributed by atoms with Gasteiger partial charge in [-0.05, 0) is 6.92 Å². The largest absolute Gasteiger partial charge is 0.383 e. The van der Waals surface area contributed by atoms with Crippen LogP contribution in [0.2, 0.25) is 0 Å². The molecule has 0 spiro atoms. The van der Waals surface area contributed by atoms with Crippen LogP contribution < -0.4 is 22.3 Å². The van der Waals surface area contributed by atoms with Crippen molar-refractivity contribution in [1.82, 2.24) is 9.55 Å². The molecule has 0 unspecified atom stereocenters. The molecule has 4 N–H and O–H groups in total. The van der Waals surface area contributed by atoms with E-state index >= 15 is 0 Å². The standard InChI is InChI=1S/C9H13ClN4O2/c1-3-14-7(11)6(12-4-5(2)10)8(15)13-9(14)16/h12H,2-4,11H2,1H3,(H,13,15,16). The van der Waals surface area contributed by atoms with Crippen molar-refractivity contribution >= 4 is 23.1 Å². The molecule has 0 atom stereocenters. The van der Waals surface area contributed by atoms with Crippen LogP contribution in [0.3, 0.4) is 0 Å². The molecule has 0 bridgehead atoms. The minimum atomic E-state index is -0.565. The second kappa shape index (κ2) is 4.89. The molecule has 6 nitrogen and oxygen atoms in total. The molecule has 0 fully saturated rings. The van der Waals surface area contributed by atoms with E-state index in [-0.39, 0.29) is 18.1 Å². The summed E-state index contributed by atoms with van der Waals surface area (Å²) in [5.74, 6) is 0.0918. The van der Waals surface area contributed by atoms with Crippen LogP contribution in [-0.4, -0.2) is 16.1 Å². The lowest BCUT2D eigenvalue weighted by atomic mass is 10.4. The van der Waals surface area contributed by atoms with Gasteiger partial charge in [-0.2, -0.15) is 0 Å². The summed E-state index contributed by atoms with van der Waals surface area (Å²) in [7, 11) is 0. The van der Waals surface area contributed by atoms with Crippen molar-refractivity contribution in [2.24, 2.45) is 0 Å². The zero-order valence-electron chi connectivity index (χ0n) is 8.84. The van der Waals surface area contributed by atoms with Crippen LogP contribution in [0.15, 0.2) is 21.2 Å². The predicted molar refractivity (Wildman–Crippen MR) is 64.9 cm³/mol. The Bertz CT molecular complexity index is 517. The van der Waals surface area contributed by atoms with Crippen LogP contribution >= 0.6 is 11.6 Å². The number of aromatic nitrogens is 2. The summed E-state index contributed by atoms with van der Waals surface area (Å²) in [5, 5.41) is 3.06. The first kappa shape index (κ1) is 12.4. The predicted octanol–water partition coefficient (Wildman–Crippen LogP) is 0.303. The zero-order valence-corrected chi connectivity index (χ0v) is 9.60. The summed E-state index contributed by atoms with van der Waals surface area (Å²) < 4.78 is 1.25. The van der Waals surface area contributed by atoms with E-state index in [1.54, 1.807) is 6.92 Å². The average Bonchev–Trinajstić information content (AvgIpc) is 2.16. The number of anilines is 2. The highest BCUT2D eigenvalue weighted by molar-refractivity contribution is 6.29. The van der Waals surface area contributed by atoms with Gasteiger partial charge in [-0.25, -0.2) is 4.79 Å². The van der Waals surface area contributed by atoms with Gasteiger partial charge in [-0.15, -0.1) is 0 Å². The summed E-state index contributed by atoms with van der Waals surface area (Å²) in [6.45, 7) is 5.80. The molecule has 1 rings (SSSR count). The van der Waals surface area contributed by atoms with Gasteiger partial charge in [0.25, 0.3) is 5.56 Å². The molecule has 7 heteroatoms. The normalized spacial score (nSPS) is 10.1. The fourth-order valence-electron chi connectivity index (χ4n) is 1.26. The van der Waals surface area contributed by atoms with E-state index in [1.807, 2.05) is 0 Å². The average molecular weight is 245 g/mol. The SMILES string of the molecule is C=C(Cl)CNc1c(N)n(CC)c(=O)[nH]c1=O. The zero-order chi connectivity index (χ0) is 12.3. The molecular weight excluding hydrogens is 232 g/mol. The number of nitrogen functional groups attached to an aromatic ring is 1. The Morgan fingerprint density at radius 3 is 2.75 bits per heavy atom. The van der Waals surface area contributed by atoms with Crippen LogP contribution in [0.25, 0.3) is 0 Å². The topological polar surface area (TPSA) is 92.9 Å². The van der Waals surface area contributed by atoms with E-state index in [1.165, 1.54) is 4.57 Å². The van der Waals surface area contributed by atoms with E-state index in [9.17, 15) is 9.59 Å². The highest BCUT2D eigenvalue weighted by Gasteiger charge is 2.10. The summed E-state index contributed by atoms with van der Waals surface area (Å²) >= 11 is 5.56. The second-order valence-electron chi connectivity index (χ2n) is 3.13. The molecule has 1 aromatic heterocycles. The second-order valence-corrected chi connectivity index (χ2v) is 3.67. The Morgan fingerprint density at radius 1 is 1.62 bits per heavy atom. The van der Waals surface area contributed by atoms with E-state index < -0.39 is 11.2 Å². The number of H-pyrrole nitrogens is 1. The van der Waals surface area contributed by atoms with Gasteiger partial charge in [0.1, 0.15) is 11.5 Å². The van der Waals surface area contributed by atoms with Gasteiger partial charge in [-0.1, -0.05) is 18.2 Å². The summed E-state index contributed by atoms with van der Waals surface area (Å²) in [6.07, 6.45) is 0. The number of halogens is 1. The van der Waals surface area contributed by atoms with Crippen molar-refractivity contribution in [2.75, 3.05) is 17.6 Å². The Balaban J connectivity index is 3.23. The van der Waals surface area contributed by atoms with Crippen molar-refractivity contribution in [2.45, 2.75) is 13.5 Å². The minimum Gasteiger partial charge on any atom is -0.383 e. The van der Waals surface area contributed by atoms with E-state index in [0.29, 0.717) is 11.6 Å². The number of nitrogens with one attached hydrogen (secondary N) is 2. The molecule has 0 aliphatic rings. The van der Waals surface area contributed by atoms with Crippen molar-refractivity contribution < 1.29 is 0 Å². The third kappa shape index (κ3) is 2.46. The van der Waals surface area contributed by atoms with Crippen molar-refractivity contribution in [3.63, 3.8) is 0 Å². The van der Waals surface area contributed by atoms with Gasteiger partial charge in [-0.3, -0.25) is 14.3 Å². The lowest BCUT2D eigenvalue weighted by Gasteiger charge is -2.11. The van der Waals surface area contributed by atoms with Crippen molar-refractivity contribution in [3.05, 3.63) is 32.4 Å². The van der Waals surface area contributed by atoms with Crippen LogP contribution in [0.4, 0.5) is 11.5 Å². The fraction of sp³-hybridized carbons (Fsp3) is 0.333. The van der Waals surface area contributed by atoms with Gasteiger partial charge >= 0.3 is 5.69 Å². The first-order chi connectivity index (χ1) is 7.47. The molecule has 0 aromatic carbocycles. The molecule has 0 aliphatic heterocycles. The van der Waals surface area contributed by atoms with Crippen molar-refractivity contribution in [1.29, 1.82) is 0 Å². The lowest BCUT2D eigenvalue weighted by Crippen LogP contribution is -2.33. The number of rotatable bonds is 4. The van der Waals surface area contributed by atoms with E-state index in [0.717, 1.165) is 0 Å². The Hall–Kier alpha value is -1.69. The maximum atomic E-state index is 11.5. The highest BCUT2D eigenvalue weighted by atomic mass is 35.5. The van der Waals surface area contributed by atoms with E-state index in [2.05, 4.69) is 16.9 Å². The van der Waals surface area contributed by atoms with Gasteiger partial charge < -0.3 is 11.1 Å². The first-order valence-electron chi connectivity index (χ1n) is 4.67. The number of nitrogens with two attached hydrogens (primary N) is 1. The molecule has 88 valence electrons. The van der Waals surface area contributed by atoms with Gasteiger partial charge in [0.05, 0.1) is 6.54 Å². The van der Waals surface area contributed by atoms with Crippen molar-refractivity contribution in [3.8, 4) is 0 Å². The molecule has 0 amide bonds. The third-order valence-electron chi connectivity index (χ3n) is 2.01. The summed E-state index contributed by atoms with van der Waals surface area (Å²) in [6, 6.07) is 0. The van der Waals surface area contributed by atoms with Gasteiger partial charge in [0.2, 0.25) is 0 Å². The number of aromatic amines is 1. The van der Waals surface area contributed by atoms with Crippen LogP contribution in [0, 0.1) is 0 Å². The molecule has 0 aliphatic carbocycles. The fourth-order valence-corrected chi connectivity index (χ4v) is 1.32. The molecule has 16 heavy (non-hydrogen) atoms. The molecule has 0 radical (unpaired) electrons. The molecule has 1 aromatic rings. The van der Waals surface area contributed by atoms with Crippen LogP contribution in [-0.2, 0) is 6.54 Å². The Morgan fingerprint density at radius 2 is 2.25 bits per heavy atom. The van der Waals surface area contributed by atoms with Gasteiger partial charge in [0.15, 0.2) is 0 Å². The van der Waals surface area contributed by atoms with Crippen LogP contribution in [0.5, 0.6) is 0 Å². The number of nitrogens with zero attached hydrogens (tertiary/aromatic N) is 1. The smallest absolute Gasteiger partial charge is 0.330 e.